The minimum Gasteiger partial charge on any atom is -0.469 e. The van der Waals surface area contributed by atoms with E-state index in [0.717, 1.165) is 6.42 Å². The van der Waals surface area contributed by atoms with E-state index in [4.69, 9.17) is 16.3 Å². The molecule has 4 heteroatoms. The summed E-state index contributed by atoms with van der Waals surface area (Å²) < 4.78 is 9.79. The monoisotopic (exact) mass is 178 g/mol. The third-order valence-electron chi connectivity index (χ3n) is 1.87. The number of hydrogen-bond acceptors (Lipinski definition) is 3. The Bertz CT molecular complexity index is 149. The van der Waals surface area contributed by atoms with Crippen molar-refractivity contribution in [2.45, 2.75) is 12.5 Å². The standard InChI is InChI=1S/C7H11ClO3/c1-10-7(9)5-2-3-11-6(5)4-8/h5-6H,2-4H2,1H3/t5-,6-/m0/s1. The predicted octanol–water partition coefficient (Wildman–Crippen LogP) is 0.803. The van der Waals surface area contributed by atoms with Gasteiger partial charge in [0, 0.05) is 12.5 Å². The highest BCUT2D eigenvalue weighted by Crippen LogP contribution is 2.22. The highest BCUT2D eigenvalue weighted by molar-refractivity contribution is 6.18. The lowest BCUT2D eigenvalue weighted by atomic mass is 10.0. The van der Waals surface area contributed by atoms with E-state index in [1.54, 1.807) is 0 Å². The Balaban J connectivity index is 2.49. The molecule has 0 aromatic rings. The van der Waals surface area contributed by atoms with Gasteiger partial charge in [-0.1, -0.05) is 0 Å². The van der Waals surface area contributed by atoms with Gasteiger partial charge in [0.25, 0.3) is 0 Å². The largest absolute Gasteiger partial charge is 0.469 e. The molecule has 0 aromatic heterocycles. The van der Waals surface area contributed by atoms with Crippen LogP contribution in [0.1, 0.15) is 6.42 Å². The van der Waals surface area contributed by atoms with Crippen molar-refractivity contribution < 1.29 is 14.3 Å². The molecule has 3 nitrogen and oxygen atoms in total. The molecule has 0 aromatic carbocycles. The summed E-state index contributed by atoms with van der Waals surface area (Å²) in [6.07, 6.45) is 0.577. The Hall–Kier alpha value is -0.280. The van der Waals surface area contributed by atoms with Crippen molar-refractivity contribution in [2.75, 3.05) is 19.6 Å². The van der Waals surface area contributed by atoms with E-state index in [0.29, 0.717) is 12.5 Å². The number of carbonyl (C=O) groups is 1. The molecule has 0 amide bonds. The van der Waals surface area contributed by atoms with Gasteiger partial charge in [0.15, 0.2) is 0 Å². The van der Waals surface area contributed by atoms with Crippen molar-refractivity contribution in [3.05, 3.63) is 0 Å². The molecule has 0 aliphatic carbocycles. The first-order chi connectivity index (χ1) is 5.29. The molecule has 1 heterocycles. The molecule has 1 saturated heterocycles. The van der Waals surface area contributed by atoms with Gasteiger partial charge in [0.05, 0.1) is 19.1 Å². The molecule has 0 saturated carbocycles. The molecule has 1 aliphatic rings. The van der Waals surface area contributed by atoms with Crippen molar-refractivity contribution in [1.82, 2.24) is 0 Å². The van der Waals surface area contributed by atoms with Crippen molar-refractivity contribution >= 4 is 17.6 Å². The number of halogens is 1. The number of alkyl halides is 1. The van der Waals surface area contributed by atoms with Crippen LogP contribution in [0.15, 0.2) is 0 Å². The molecule has 1 rings (SSSR count). The second-order valence-electron chi connectivity index (χ2n) is 2.48. The molecule has 11 heavy (non-hydrogen) atoms. The summed E-state index contributed by atoms with van der Waals surface area (Å²) in [7, 11) is 1.38. The lowest BCUT2D eigenvalue weighted by Gasteiger charge is -2.12. The number of ether oxygens (including phenoxy) is 2. The van der Waals surface area contributed by atoms with Crippen molar-refractivity contribution in [3.63, 3.8) is 0 Å². The normalized spacial score (nSPS) is 30.4. The summed E-state index contributed by atoms with van der Waals surface area (Å²) in [5.74, 6) is -0.00889. The summed E-state index contributed by atoms with van der Waals surface area (Å²) in [4.78, 5) is 11.0. The molecular weight excluding hydrogens is 168 g/mol. The highest BCUT2D eigenvalue weighted by atomic mass is 35.5. The molecule has 0 bridgehead atoms. The van der Waals surface area contributed by atoms with Crippen LogP contribution in [0.25, 0.3) is 0 Å². The Labute approximate surface area is 70.6 Å². The van der Waals surface area contributed by atoms with Crippen LogP contribution in [-0.4, -0.2) is 31.7 Å². The minimum atomic E-state index is -0.215. The minimum absolute atomic E-state index is 0.149. The third-order valence-corrected chi connectivity index (χ3v) is 2.17. The molecule has 2 atom stereocenters. The zero-order valence-corrected chi connectivity index (χ0v) is 7.13. The van der Waals surface area contributed by atoms with E-state index in [9.17, 15) is 4.79 Å². The Morgan fingerprint density at radius 1 is 1.82 bits per heavy atom. The number of rotatable bonds is 2. The SMILES string of the molecule is COC(=O)[C@H]1CCO[C@H]1CCl. The zero-order valence-electron chi connectivity index (χ0n) is 6.38. The lowest BCUT2D eigenvalue weighted by molar-refractivity contribution is -0.146. The summed E-state index contributed by atoms with van der Waals surface area (Å²) in [5.41, 5.74) is 0. The van der Waals surface area contributed by atoms with Gasteiger partial charge in [-0.05, 0) is 6.42 Å². The van der Waals surface area contributed by atoms with Crippen molar-refractivity contribution in [2.24, 2.45) is 5.92 Å². The second kappa shape index (κ2) is 3.93. The van der Waals surface area contributed by atoms with E-state index in [2.05, 4.69) is 4.74 Å². The maximum absolute atomic E-state index is 11.0. The van der Waals surface area contributed by atoms with Gasteiger partial charge in [-0.15, -0.1) is 11.6 Å². The van der Waals surface area contributed by atoms with E-state index in [1.807, 2.05) is 0 Å². The maximum Gasteiger partial charge on any atom is 0.311 e. The van der Waals surface area contributed by atoms with Gasteiger partial charge in [-0.25, -0.2) is 0 Å². The summed E-state index contributed by atoms with van der Waals surface area (Å²) in [5, 5.41) is 0. The molecule has 0 N–H and O–H groups in total. The smallest absolute Gasteiger partial charge is 0.311 e. The van der Waals surface area contributed by atoms with Gasteiger partial charge >= 0.3 is 5.97 Å². The summed E-state index contributed by atoms with van der Waals surface area (Å²) in [6, 6.07) is 0. The lowest BCUT2D eigenvalue weighted by Crippen LogP contribution is -2.26. The van der Waals surface area contributed by atoms with Crippen LogP contribution in [-0.2, 0) is 14.3 Å². The number of carbonyl (C=O) groups excluding carboxylic acids is 1. The summed E-state index contributed by atoms with van der Waals surface area (Å²) in [6.45, 7) is 0.608. The topological polar surface area (TPSA) is 35.5 Å². The Morgan fingerprint density at radius 3 is 3.09 bits per heavy atom. The quantitative estimate of drug-likeness (QED) is 0.464. The van der Waals surface area contributed by atoms with Gasteiger partial charge in [0.1, 0.15) is 0 Å². The van der Waals surface area contributed by atoms with E-state index in [-0.39, 0.29) is 18.0 Å². The molecule has 0 unspecified atom stereocenters. The van der Waals surface area contributed by atoms with E-state index < -0.39 is 0 Å². The van der Waals surface area contributed by atoms with Gasteiger partial charge in [-0.2, -0.15) is 0 Å². The average molecular weight is 179 g/mol. The number of methoxy groups -OCH3 is 1. The maximum atomic E-state index is 11.0. The fraction of sp³-hybridized carbons (Fsp3) is 0.857. The molecule has 0 spiro atoms. The van der Waals surface area contributed by atoms with Crippen LogP contribution in [0.4, 0.5) is 0 Å². The first kappa shape index (κ1) is 8.81. The van der Waals surface area contributed by atoms with Gasteiger partial charge < -0.3 is 9.47 Å². The van der Waals surface area contributed by atoms with Gasteiger partial charge in [-0.3, -0.25) is 4.79 Å². The van der Waals surface area contributed by atoms with Crippen molar-refractivity contribution in [3.8, 4) is 0 Å². The van der Waals surface area contributed by atoms with Crippen LogP contribution in [0.5, 0.6) is 0 Å². The summed E-state index contributed by atoms with van der Waals surface area (Å²) >= 11 is 5.57. The molecule has 1 fully saturated rings. The second-order valence-corrected chi connectivity index (χ2v) is 2.79. The van der Waals surface area contributed by atoms with Crippen LogP contribution >= 0.6 is 11.6 Å². The first-order valence-corrected chi connectivity index (χ1v) is 4.08. The van der Waals surface area contributed by atoms with Crippen LogP contribution in [0.2, 0.25) is 0 Å². The predicted molar refractivity (Wildman–Crippen MR) is 40.6 cm³/mol. The zero-order chi connectivity index (χ0) is 8.27. The first-order valence-electron chi connectivity index (χ1n) is 3.55. The van der Waals surface area contributed by atoms with Gasteiger partial charge in [0.2, 0.25) is 0 Å². The molecule has 0 radical (unpaired) electrons. The molecular formula is C7H11ClO3. The Kier molecular flexibility index (Phi) is 3.15. The third kappa shape index (κ3) is 1.84. The van der Waals surface area contributed by atoms with Crippen LogP contribution in [0.3, 0.4) is 0 Å². The molecule has 64 valence electrons. The van der Waals surface area contributed by atoms with E-state index >= 15 is 0 Å². The van der Waals surface area contributed by atoms with Crippen LogP contribution in [0, 0.1) is 5.92 Å². The Morgan fingerprint density at radius 2 is 2.55 bits per heavy atom. The average Bonchev–Trinajstić information content (AvgIpc) is 2.50. The van der Waals surface area contributed by atoms with E-state index in [1.165, 1.54) is 7.11 Å². The highest BCUT2D eigenvalue weighted by Gasteiger charge is 2.33. The number of esters is 1. The molecule has 1 aliphatic heterocycles. The fourth-order valence-electron chi connectivity index (χ4n) is 1.22. The fourth-order valence-corrected chi connectivity index (χ4v) is 1.53. The number of hydrogen-bond donors (Lipinski definition) is 0. The van der Waals surface area contributed by atoms with Crippen LogP contribution < -0.4 is 0 Å². The van der Waals surface area contributed by atoms with Crippen molar-refractivity contribution in [1.29, 1.82) is 0 Å².